The molecule has 0 aromatic heterocycles. The lowest BCUT2D eigenvalue weighted by Crippen LogP contribution is -2.22. The number of aliphatic hydroxyl groups excluding tert-OH is 1. The van der Waals surface area contributed by atoms with Crippen molar-refractivity contribution >= 4 is 11.9 Å². The number of hydrogen-bond donors (Lipinski definition) is 3. The number of carbonyl (C=O) groups is 2. The summed E-state index contributed by atoms with van der Waals surface area (Å²) < 4.78 is 0. The van der Waals surface area contributed by atoms with Crippen LogP contribution in [-0.2, 0) is 9.59 Å². The van der Waals surface area contributed by atoms with Crippen LogP contribution in [0.2, 0.25) is 0 Å². The van der Waals surface area contributed by atoms with Crippen molar-refractivity contribution in [3.8, 4) is 0 Å². The molecule has 0 bridgehead atoms. The van der Waals surface area contributed by atoms with Crippen LogP contribution < -0.4 is 0 Å². The smallest absolute Gasteiger partial charge is 0.333 e. The summed E-state index contributed by atoms with van der Waals surface area (Å²) in [5.74, 6) is -2.85. The first kappa shape index (κ1) is 7.90. The molecule has 9 heavy (non-hydrogen) atoms. The molecule has 0 rings (SSSR count). The highest BCUT2D eigenvalue weighted by molar-refractivity contribution is 5.79. The zero-order chi connectivity index (χ0) is 7.44. The summed E-state index contributed by atoms with van der Waals surface area (Å²) >= 11 is 0. The van der Waals surface area contributed by atoms with Crippen molar-refractivity contribution in [3.63, 3.8) is 0 Å². The van der Waals surface area contributed by atoms with Crippen LogP contribution in [0.25, 0.3) is 0 Å². The maximum atomic E-state index is 9.72. The monoisotopic (exact) mass is 136 g/mol. The standard InChI is InChI=1S/C4H6O5/c5-2(4(8)9)1-3(6)7/h2,5H,1H2,(H,6,7)(H,8,9)/i4+2. The van der Waals surface area contributed by atoms with Gasteiger partial charge in [0.25, 0.3) is 0 Å². The van der Waals surface area contributed by atoms with Gasteiger partial charge in [0.1, 0.15) is 0 Å². The molecule has 3 N–H and O–H groups in total. The second kappa shape index (κ2) is 3.03. The van der Waals surface area contributed by atoms with E-state index in [1.54, 1.807) is 0 Å². The molecule has 0 fully saturated rings. The molecule has 0 saturated heterocycles. The van der Waals surface area contributed by atoms with Gasteiger partial charge in [0.2, 0.25) is 0 Å². The topological polar surface area (TPSA) is 94.8 Å². The molecule has 0 heterocycles. The zero-order valence-electron chi connectivity index (χ0n) is 4.44. The molecular formula is C4H6O5. The van der Waals surface area contributed by atoms with E-state index in [0.29, 0.717) is 0 Å². The molecule has 5 nitrogen and oxygen atoms in total. The SMILES string of the molecule is O=C(O)CC(O)[14C](=O)O. The minimum Gasteiger partial charge on any atom is -0.481 e. The molecule has 0 aliphatic rings. The van der Waals surface area contributed by atoms with Gasteiger partial charge in [-0.2, -0.15) is 0 Å². The number of carboxylic acid groups (broad SMARTS) is 2. The maximum absolute atomic E-state index is 9.72. The molecule has 5 heteroatoms. The van der Waals surface area contributed by atoms with Crippen LogP contribution in [-0.4, -0.2) is 33.4 Å². The molecule has 0 spiro atoms. The number of carboxylic acids is 2. The van der Waals surface area contributed by atoms with Crippen LogP contribution in [0.15, 0.2) is 0 Å². The quantitative estimate of drug-likeness (QED) is 0.458. The van der Waals surface area contributed by atoms with Gasteiger partial charge in [0, 0.05) is 0 Å². The number of hydrogen-bond acceptors (Lipinski definition) is 3. The summed E-state index contributed by atoms with van der Waals surface area (Å²) in [5, 5.41) is 24.1. The van der Waals surface area contributed by atoms with E-state index in [4.69, 9.17) is 15.3 Å². The number of aliphatic hydroxyl groups is 1. The van der Waals surface area contributed by atoms with E-state index in [-0.39, 0.29) is 0 Å². The fourth-order valence-electron chi connectivity index (χ4n) is 0.253. The van der Waals surface area contributed by atoms with Crippen molar-refractivity contribution in [2.24, 2.45) is 0 Å². The van der Waals surface area contributed by atoms with Gasteiger partial charge >= 0.3 is 11.9 Å². The molecule has 0 saturated carbocycles. The van der Waals surface area contributed by atoms with E-state index in [1.165, 1.54) is 0 Å². The van der Waals surface area contributed by atoms with Gasteiger partial charge in [-0.15, -0.1) is 0 Å². The highest BCUT2D eigenvalue weighted by atomic mass is 16.7. The molecule has 0 aromatic rings. The minimum atomic E-state index is -1.79. The molecule has 0 aliphatic carbocycles. The van der Waals surface area contributed by atoms with Gasteiger partial charge in [-0.25, -0.2) is 4.79 Å². The summed E-state index contributed by atoms with van der Waals surface area (Å²) in [4.78, 5) is 19.4. The molecule has 0 aromatic carbocycles. The Morgan fingerprint density at radius 2 is 2.11 bits per heavy atom. The van der Waals surface area contributed by atoms with Crippen LogP contribution in [0.1, 0.15) is 6.42 Å². The molecule has 52 valence electrons. The summed E-state index contributed by atoms with van der Waals surface area (Å²) in [5.41, 5.74) is 0. The molecule has 1 atom stereocenters. The molecule has 0 amide bonds. The van der Waals surface area contributed by atoms with Crippen LogP contribution in [0.3, 0.4) is 0 Å². The number of rotatable bonds is 3. The lowest BCUT2D eigenvalue weighted by molar-refractivity contribution is -0.152. The maximum Gasteiger partial charge on any atom is 0.333 e. The van der Waals surface area contributed by atoms with Crippen LogP contribution in [0.5, 0.6) is 0 Å². The predicted molar refractivity (Wildman–Crippen MR) is 25.9 cm³/mol. The Balaban J connectivity index is 3.63. The summed E-state index contributed by atoms with van der Waals surface area (Å²) in [7, 11) is 0. The fourth-order valence-corrected chi connectivity index (χ4v) is 0.253. The summed E-state index contributed by atoms with van der Waals surface area (Å²) in [6.07, 6.45) is -2.54. The average molecular weight is 136 g/mol. The Morgan fingerprint density at radius 3 is 2.22 bits per heavy atom. The lowest BCUT2D eigenvalue weighted by atomic mass is 10.4. The normalized spacial score (nSPS) is 12.6. The van der Waals surface area contributed by atoms with Gasteiger partial charge < -0.3 is 15.3 Å². The van der Waals surface area contributed by atoms with E-state index in [0.717, 1.165) is 0 Å². The fraction of sp³-hybridized carbons (Fsp3) is 0.500. The van der Waals surface area contributed by atoms with Crippen LogP contribution in [0, 0.1) is 0 Å². The Labute approximate surface area is 50.5 Å². The van der Waals surface area contributed by atoms with Gasteiger partial charge in [-0.05, 0) is 0 Å². The van der Waals surface area contributed by atoms with E-state index in [1.807, 2.05) is 0 Å². The molecule has 1 unspecified atom stereocenters. The first-order chi connectivity index (χ1) is 4.04. The van der Waals surface area contributed by atoms with E-state index < -0.39 is 24.5 Å². The zero-order valence-corrected chi connectivity index (χ0v) is 4.44. The number of aliphatic carboxylic acids is 2. The average Bonchev–Trinajstić information content (AvgIpc) is 1.63. The third-order valence-electron chi connectivity index (χ3n) is 0.653. The summed E-state index contributed by atoms with van der Waals surface area (Å²) in [6, 6.07) is 0. The van der Waals surface area contributed by atoms with Crippen molar-refractivity contribution in [1.29, 1.82) is 0 Å². The van der Waals surface area contributed by atoms with Crippen LogP contribution >= 0.6 is 0 Å². The molecule has 0 aliphatic heterocycles. The van der Waals surface area contributed by atoms with E-state index >= 15 is 0 Å². The van der Waals surface area contributed by atoms with Crippen molar-refractivity contribution in [3.05, 3.63) is 0 Å². The Hall–Kier alpha value is -1.10. The van der Waals surface area contributed by atoms with Crippen LogP contribution in [0.4, 0.5) is 0 Å². The van der Waals surface area contributed by atoms with Crippen molar-refractivity contribution in [1.82, 2.24) is 0 Å². The first-order valence-electron chi connectivity index (χ1n) is 2.16. The van der Waals surface area contributed by atoms with Gasteiger partial charge in [-0.3, -0.25) is 4.79 Å². The predicted octanol–water partition coefficient (Wildman–Crippen LogP) is -1.09. The Morgan fingerprint density at radius 1 is 1.67 bits per heavy atom. The minimum absolute atomic E-state index is 0.755. The van der Waals surface area contributed by atoms with Crippen molar-refractivity contribution in [2.45, 2.75) is 12.5 Å². The van der Waals surface area contributed by atoms with E-state index in [9.17, 15) is 9.59 Å². The first-order valence-corrected chi connectivity index (χ1v) is 2.16. The van der Waals surface area contributed by atoms with Crippen molar-refractivity contribution in [2.75, 3.05) is 0 Å². The second-order valence-electron chi connectivity index (χ2n) is 1.45. The Kier molecular flexibility index (Phi) is 2.66. The third-order valence-corrected chi connectivity index (χ3v) is 0.653. The van der Waals surface area contributed by atoms with E-state index in [2.05, 4.69) is 0 Å². The Bertz CT molecular complexity index is 129. The third kappa shape index (κ3) is 3.48. The van der Waals surface area contributed by atoms with Gasteiger partial charge in [0.05, 0.1) is 6.42 Å². The largest absolute Gasteiger partial charge is 0.481 e. The van der Waals surface area contributed by atoms with Crippen molar-refractivity contribution < 1.29 is 24.9 Å². The highest BCUT2D eigenvalue weighted by Gasteiger charge is 2.16. The lowest BCUT2D eigenvalue weighted by Gasteiger charge is -1.97. The molecular weight excluding hydrogens is 130 g/mol. The van der Waals surface area contributed by atoms with Gasteiger partial charge in [0.15, 0.2) is 6.10 Å². The summed E-state index contributed by atoms with van der Waals surface area (Å²) in [6.45, 7) is 0. The highest BCUT2D eigenvalue weighted by Crippen LogP contribution is 1.89. The van der Waals surface area contributed by atoms with Gasteiger partial charge in [-0.1, -0.05) is 0 Å². The second-order valence-corrected chi connectivity index (χ2v) is 1.45. The molecule has 0 radical (unpaired) electrons.